The number of rotatable bonds is 4. The zero-order valence-corrected chi connectivity index (χ0v) is 13.7. The van der Waals surface area contributed by atoms with E-state index in [-0.39, 0.29) is 17.5 Å². The Hall–Kier alpha value is -0.570. The fraction of sp³-hybridized carbons (Fsp3) is 0.625. The first kappa shape index (κ1) is 16.5. The Morgan fingerprint density at radius 3 is 2.11 bits per heavy atom. The van der Waals surface area contributed by atoms with E-state index >= 15 is 0 Å². The van der Waals surface area contributed by atoms with E-state index in [1.807, 2.05) is 25.1 Å². The Kier molecular flexibility index (Phi) is 5.43. The zero-order valence-electron chi connectivity index (χ0n) is 12.9. The first-order valence-corrected chi connectivity index (χ1v) is 7.26. The molecule has 3 heteroatoms. The summed E-state index contributed by atoms with van der Waals surface area (Å²) < 4.78 is 0. The van der Waals surface area contributed by atoms with Gasteiger partial charge in [0.05, 0.1) is 6.04 Å². The number of hydrogen-bond donors (Lipinski definition) is 1. The van der Waals surface area contributed by atoms with Crippen LogP contribution in [0.3, 0.4) is 0 Å². The fourth-order valence-electron chi connectivity index (χ4n) is 2.44. The third kappa shape index (κ3) is 3.95. The summed E-state index contributed by atoms with van der Waals surface area (Å²) in [5.41, 5.74) is 7.53. The molecule has 0 bridgehead atoms. The highest BCUT2D eigenvalue weighted by molar-refractivity contribution is 6.31. The van der Waals surface area contributed by atoms with E-state index < -0.39 is 0 Å². The van der Waals surface area contributed by atoms with Crippen molar-refractivity contribution in [1.29, 1.82) is 0 Å². The molecule has 1 aromatic rings. The third-order valence-corrected chi connectivity index (χ3v) is 4.37. The van der Waals surface area contributed by atoms with Gasteiger partial charge in [0.25, 0.3) is 0 Å². The molecule has 0 spiro atoms. The molecule has 0 aliphatic carbocycles. The van der Waals surface area contributed by atoms with Crippen LogP contribution in [-0.2, 0) is 0 Å². The van der Waals surface area contributed by atoms with Crippen molar-refractivity contribution in [2.75, 3.05) is 7.05 Å². The number of hydrogen-bond acceptors (Lipinski definition) is 2. The molecule has 3 atom stereocenters. The van der Waals surface area contributed by atoms with E-state index in [1.54, 1.807) is 0 Å². The first-order valence-electron chi connectivity index (χ1n) is 6.88. The van der Waals surface area contributed by atoms with Crippen molar-refractivity contribution in [3.63, 3.8) is 0 Å². The van der Waals surface area contributed by atoms with Gasteiger partial charge in [0, 0.05) is 17.1 Å². The number of likely N-dealkylation sites (N-methyl/N-ethyl adjacent to an activating group) is 1. The summed E-state index contributed by atoms with van der Waals surface area (Å²) in [5, 5.41) is 0.790. The summed E-state index contributed by atoms with van der Waals surface area (Å²) >= 11 is 6.34. The fourth-order valence-corrected chi connectivity index (χ4v) is 2.69. The molecule has 0 amide bonds. The van der Waals surface area contributed by atoms with Crippen LogP contribution in [0.4, 0.5) is 0 Å². The van der Waals surface area contributed by atoms with Crippen LogP contribution in [0, 0.1) is 5.41 Å². The number of nitrogens with zero attached hydrogens (tertiary/aromatic N) is 1. The van der Waals surface area contributed by atoms with Gasteiger partial charge in [0.2, 0.25) is 0 Å². The molecule has 0 fully saturated rings. The van der Waals surface area contributed by atoms with Gasteiger partial charge in [-0.2, -0.15) is 0 Å². The summed E-state index contributed by atoms with van der Waals surface area (Å²) in [6.07, 6.45) is 0. The molecule has 1 rings (SSSR count). The predicted molar refractivity (Wildman–Crippen MR) is 84.5 cm³/mol. The van der Waals surface area contributed by atoms with Gasteiger partial charge in [-0.1, -0.05) is 50.6 Å². The molecule has 108 valence electrons. The Morgan fingerprint density at radius 2 is 1.68 bits per heavy atom. The second-order valence-corrected chi connectivity index (χ2v) is 6.94. The van der Waals surface area contributed by atoms with Crippen LogP contribution < -0.4 is 5.73 Å². The van der Waals surface area contributed by atoms with Gasteiger partial charge >= 0.3 is 0 Å². The van der Waals surface area contributed by atoms with Crippen molar-refractivity contribution in [1.82, 2.24) is 4.90 Å². The molecular weight excluding hydrogens is 256 g/mol. The topological polar surface area (TPSA) is 29.3 Å². The highest BCUT2D eigenvalue weighted by Gasteiger charge is 2.31. The molecule has 2 N–H and O–H groups in total. The van der Waals surface area contributed by atoms with Crippen LogP contribution in [0.25, 0.3) is 0 Å². The van der Waals surface area contributed by atoms with Crippen molar-refractivity contribution >= 4 is 11.6 Å². The SMILES string of the molecule is CC(N)C(c1ccccc1Cl)N(C)C(C)C(C)(C)C. The van der Waals surface area contributed by atoms with Gasteiger partial charge in [-0.05, 0) is 37.9 Å². The van der Waals surface area contributed by atoms with E-state index in [0.717, 1.165) is 10.6 Å². The molecule has 2 nitrogen and oxygen atoms in total. The summed E-state index contributed by atoms with van der Waals surface area (Å²) in [6.45, 7) is 11.0. The smallest absolute Gasteiger partial charge is 0.0511 e. The van der Waals surface area contributed by atoms with Gasteiger partial charge in [0.15, 0.2) is 0 Å². The average molecular weight is 283 g/mol. The Balaban J connectivity index is 3.13. The molecule has 0 aliphatic rings. The van der Waals surface area contributed by atoms with Gasteiger partial charge in [-0.3, -0.25) is 4.90 Å². The van der Waals surface area contributed by atoms with Crippen LogP contribution in [0.1, 0.15) is 46.2 Å². The largest absolute Gasteiger partial charge is 0.326 e. The maximum atomic E-state index is 6.34. The van der Waals surface area contributed by atoms with Crippen LogP contribution in [0.15, 0.2) is 24.3 Å². The van der Waals surface area contributed by atoms with Gasteiger partial charge in [-0.15, -0.1) is 0 Å². The summed E-state index contributed by atoms with van der Waals surface area (Å²) in [5.74, 6) is 0. The number of halogens is 1. The molecule has 3 unspecified atom stereocenters. The molecule has 0 radical (unpaired) electrons. The van der Waals surface area contributed by atoms with E-state index in [9.17, 15) is 0 Å². The quantitative estimate of drug-likeness (QED) is 0.901. The van der Waals surface area contributed by atoms with Gasteiger partial charge < -0.3 is 5.73 Å². The second-order valence-electron chi connectivity index (χ2n) is 6.53. The number of benzene rings is 1. The van der Waals surface area contributed by atoms with E-state index in [4.69, 9.17) is 17.3 Å². The van der Waals surface area contributed by atoms with Crippen LogP contribution in [0.5, 0.6) is 0 Å². The van der Waals surface area contributed by atoms with Crippen molar-refractivity contribution in [3.8, 4) is 0 Å². The van der Waals surface area contributed by atoms with Crippen molar-refractivity contribution in [2.24, 2.45) is 11.1 Å². The van der Waals surface area contributed by atoms with Crippen molar-refractivity contribution in [2.45, 2.75) is 52.7 Å². The third-order valence-electron chi connectivity index (χ3n) is 4.02. The Bertz CT molecular complexity index is 409. The molecule has 19 heavy (non-hydrogen) atoms. The molecule has 0 aromatic heterocycles. The van der Waals surface area contributed by atoms with Crippen LogP contribution >= 0.6 is 11.6 Å². The van der Waals surface area contributed by atoms with Crippen molar-refractivity contribution in [3.05, 3.63) is 34.9 Å². The van der Waals surface area contributed by atoms with E-state index in [0.29, 0.717) is 6.04 Å². The molecule has 0 saturated carbocycles. The standard InChI is InChI=1S/C16H27ClN2/c1-11(18)15(13-9-7-8-10-14(13)17)19(6)12(2)16(3,4)5/h7-12,15H,18H2,1-6H3. The first-order chi connectivity index (χ1) is 8.66. The van der Waals surface area contributed by atoms with E-state index in [1.165, 1.54) is 0 Å². The molecule has 0 saturated heterocycles. The highest BCUT2D eigenvalue weighted by atomic mass is 35.5. The van der Waals surface area contributed by atoms with E-state index in [2.05, 4.69) is 45.7 Å². The minimum atomic E-state index is 0.0229. The predicted octanol–water partition coefficient (Wildman–Crippen LogP) is 4.09. The molecule has 1 aromatic carbocycles. The molecule has 0 heterocycles. The zero-order chi connectivity index (χ0) is 14.8. The van der Waals surface area contributed by atoms with Crippen molar-refractivity contribution < 1.29 is 0 Å². The average Bonchev–Trinajstić information content (AvgIpc) is 2.29. The summed E-state index contributed by atoms with van der Waals surface area (Å²) in [6, 6.07) is 8.53. The monoisotopic (exact) mass is 282 g/mol. The summed E-state index contributed by atoms with van der Waals surface area (Å²) in [4.78, 5) is 2.34. The minimum Gasteiger partial charge on any atom is -0.326 e. The lowest BCUT2D eigenvalue weighted by Gasteiger charge is -2.42. The maximum Gasteiger partial charge on any atom is 0.0511 e. The van der Waals surface area contributed by atoms with Crippen LogP contribution in [0.2, 0.25) is 5.02 Å². The maximum absolute atomic E-state index is 6.34. The van der Waals surface area contributed by atoms with Gasteiger partial charge in [0.1, 0.15) is 0 Å². The lowest BCUT2D eigenvalue weighted by molar-refractivity contribution is 0.0867. The Morgan fingerprint density at radius 1 is 1.16 bits per heavy atom. The second kappa shape index (κ2) is 6.25. The normalized spacial score (nSPS) is 17.3. The Labute approximate surface area is 122 Å². The highest BCUT2D eigenvalue weighted by Crippen LogP contribution is 2.34. The minimum absolute atomic E-state index is 0.0229. The lowest BCUT2D eigenvalue weighted by atomic mass is 9.85. The molecular formula is C16H27ClN2. The molecule has 0 aliphatic heterocycles. The van der Waals surface area contributed by atoms with Gasteiger partial charge in [-0.25, -0.2) is 0 Å². The van der Waals surface area contributed by atoms with Crippen LogP contribution in [-0.4, -0.2) is 24.0 Å². The summed E-state index contributed by atoms with van der Waals surface area (Å²) in [7, 11) is 2.13. The lowest BCUT2D eigenvalue weighted by Crippen LogP contribution is -2.46. The number of nitrogens with two attached hydrogens (primary N) is 1.